The molecule has 0 amide bonds. The lowest BCUT2D eigenvalue weighted by Gasteiger charge is -2.35. The number of nitrogens with zero attached hydrogens (tertiary/aromatic N) is 2. The number of piperazine rings is 1. The summed E-state index contributed by atoms with van der Waals surface area (Å²) in [6, 6.07) is 16.0. The molecule has 1 unspecified atom stereocenters. The summed E-state index contributed by atoms with van der Waals surface area (Å²) in [7, 11) is 0. The second-order valence-corrected chi connectivity index (χ2v) is 7.49. The van der Waals surface area contributed by atoms with E-state index in [2.05, 4.69) is 9.80 Å². The van der Waals surface area contributed by atoms with Crippen molar-refractivity contribution in [2.45, 2.75) is 20.0 Å². The quantitative estimate of drug-likeness (QED) is 0.720. The highest BCUT2D eigenvalue weighted by molar-refractivity contribution is 5.39. The van der Waals surface area contributed by atoms with Gasteiger partial charge in [0, 0.05) is 39.3 Å². The molecule has 2 aromatic rings. The first-order valence-corrected chi connectivity index (χ1v) is 10.1. The summed E-state index contributed by atoms with van der Waals surface area (Å²) in [6.45, 7) is 10.6. The maximum absolute atomic E-state index is 10.4. The Morgan fingerprint density at radius 3 is 2.18 bits per heavy atom. The third kappa shape index (κ3) is 6.23. The van der Waals surface area contributed by atoms with Crippen molar-refractivity contribution in [1.82, 2.24) is 9.80 Å². The van der Waals surface area contributed by atoms with Crippen molar-refractivity contribution in [3.05, 3.63) is 59.7 Å². The molecule has 1 saturated heterocycles. The fraction of sp³-hybridized carbons (Fsp3) is 0.478. The lowest BCUT2D eigenvalue weighted by Crippen LogP contribution is -2.50. The van der Waals surface area contributed by atoms with Crippen LogP contribution in [0.25, 0.3) is 0 Å². The van der Waals surface area contributed by atoms with E-state index in [1.165, 1.54) is 0 Å². The third-order valence-corrected chi connectivity index (χ3v) is 5.18. The van der Waals surface area contributed by atoms with Crippen LogP contribution in [0, 0.1) is 13.8 Å². The summed E-state index contributed by atoms with van der Waals surface area (Å²) in [5, 5.41) is 10.4. The van der Waals surface area contributed by atoms with Crippen LogP contribution in [0.2, 0.25) is 0 Å². The summed E-state index contributed by atoms with van der Waals surface area (Å²) in [5.74, 6) is 1.82. The van der Waals surface area contributed by atoms with E-state index in [4.69, 9.17) is 9.47 Å². The number of aliphatic hydroxyl groups is 1. The van der Waals surface area contributed by atoms with Gasteiger partial charge in [0.1, 0.15) is 30.8 Å². The van der Waals surface area contributed by atoms with Crippen LogP contribution in [0.4, 0.5) is 0 Å². The Hall–Kier alpha value is -2.08. The van der Waals surface area contributed by atoms with Gasteiger partial charge in [0.2, 0.25) is 0 Å². The standard InChI is InChI=1S/C23H32N2O3/c1-19-7-6-8-20(2)23(19)28-18-21(26)17-25-13-11-24(12-14-25)15-16-27-22-9-4-3-5-10-22/h3-10,21,26H,11-18H2,1-2H3. The van der Waals surface area contributed by atoms with E-state index >= 15 is 0 Å². The van der Waals surface area contributed by atoms with Crippen LogP contribution >= 0.6 is 0 Å². The molecule has 1 aliphatic rings. The second kappa shape index (κ2) is 10.5. The van der Waals surface area contributed by atoms with Crippen molar-refractivity contribution in [2.24, 2.45) is 0 Å². The number of ether oxygens (including phenoxy) is 2. The first kappa shape index (κ1) is 20.6. The van der Waals surface area contributed by atoms with Crippen molar-refractivity contribution in [3.8, 4) is 11.5 Å². The van der Waals surface area contributed by atoms with E-state index in [0.29, 0.717) is 19.8 Å². The van der Waals surface area contributed by atoms with Crippen LogP contribution in [-0.2, 0) is 0 Å². The monoisotopic (exact) mass is 384 g/mol. The molecule has 1 aliphatic heterocycles. The Morgan fingerprint density at radius 2 is 1.50 bits per heavy atom. The summed E-state index contributed by atoms with van der Waals surface area (Å²) >= 11 is 0. The third-order valence-electron chi connectivity index (χ3n) is 5.18. The first-order chi connectivity index (χ1) is 13.6. The molecule has 1 N–H and O–H groups in total. The smallest absolute Gasteiger partial charge is 0.125 e. The molecule has 3 rings (SSSR count). The highest BCUT2D eigenvalue weighted by atomic mass is 16.5. The van der Waals surface area contributed by atoms with Gasteiger partial charge in [-0.2, -0.15) is 0 Å². The number of aliphatic hydroxyl groups excluding tert-OH is 1. The molecule has 0 aliphatic carbocycles. The maximum atomic E-state index is 10.4. The van der Waals surface area contributed by atoms with Crippen LogP contribution < -0.4 is 9.47 Å². The number of β-amino-alcohol motifs (C(OH)–C–C–N with tert-alkyl or cyclic N) is 1. The number of hydrogen-bond acceptors (Lipinski definition) is 5. The van der Waals surface area contributed by atoms with E-state index in [0.717, 1.165) is 55.3 Å². The maximum Gasteiger partial charge on any atom is 0.125 e. The van der Waals surface area contributed by atoms with Crippen LogP contribution in [0.3, 0.4) is 0 Å². The van der Waals surface area contributed by atoms with Gasteiger partial charge in [0.25, 0.3) is 0 Å². The minimum absolute atomic E-state index is 0.330. The van der Waals surface area contributed by atoms with Gasteiger partial charge in [-0.05, 0) is 37.1 Å². The summed E-state index contributed by atoms with van der Waals surface area (Å²) < 4.78 is 11.7. The highest BCUT2D eigenvalue weighted by Gasteiger charge is 2.19. The molecule has 152 valence electrons. The Balaban J connectivity index is 1.32. The lowest BCUT2D eigenvalue weighted by molar-refractivity contribution is 0.0433. The first-order valence-electron chi connectivity index (χ1n) is 10.1. The lowest BCUT2D eigenvalue weighted by atomic mass is 10.1. The van der Waals surface area contributed by atoms with Crippen molar-refractivity contribution < 1.29 is 14.6 Å². The van der Waals surface area contributed by atoms with Gasteiger partial charge >= 0.3 is 0 Å². The van der Waals surface area contributed by atoms with Gasteiger partial charge in [-0.15, -0.1) is 0 Å². The van der Waals surface area contributed by atoms with Crippen LogP contribution in [0.1, 0.15) is 11.1 Å². The van der Waals surface area contributed by atoms with Crippen LogP contribution in [0.5, 0.6) is 11.5 Å². The van der Waals surface area contributed by atoms with Crippen molar-refractivity contribution in [3.63, 3.8) is 0 Å². The summed E-state index contributed by atoms with van der Waals surface area (Å²) in [6.07, 6.45) is -0.480. The average Bonchev–Trinajstić information content (AvgIpc) is 2.70. The van der Waals surface area contributed by atoms with Gasteiger partial charge in [0.15, 0.2) is 0 Å². The number of rotatable bonds is 9. The molecule has 28 heavy (non-hydrogen) atoms. The topological polar surface area (TPSA) is 45.2 Å². The molecule has 1 fully saturated rings. The van der Waals surface area contributed by atoms with E-state index in [1.807, 2.05) is 62.4 Å². The molecule has 0 bridgehead atoms. The minimum Gasteiger partial charge on any atom is -0.492 e. The largest absolute Gasteiger partial charge is 0.492 e. The molecule has 0 radical (unpaired) electrons. The summed E-state index contributed by atoms with van der Waals surface area (Å²) in [5.41, 5.74) is 2.22. The van der Waals surface area contributed by atoms with E-state index in [1.54, 1.807) is 0 Å². The SMILES string of the molecule is Cc1cccc(C)c1OCC(O)CN1CCN(CCOc2ccccc2)CC1. The highest BCUT2D eigenvalue weighted by Crippen LogP contribution is 2.22. The van der Waals surface area contributed by atoms with E-state index in [9.17, 15) is 5.11 Å². The normalized spacial score (nSPS) is 16.7. The molecule has 5 nitrogen and oxygen atoms in total. The molecule has 0 aromatic heterocycles. The Bertz CT molecular complexity index is 695. The van der Waals surface area contributed by atoms with Crippen molar-refractivity contribution >= 4 is 0 Å². The molecule has 0 spiro atoms. The summed E-state index contributed by atoms with van der Waals surface area (Å²) in [4.78, 5) is 4.73. The zero-order valence-corrected chi connectivity index (χ0v) is 17.0. The number of benzene rings is 2. The number of hydrogen-bond donors (Lipinski definition) is 1. The zero-order valence-electron chi connectivity index (χ0n) is 17.0. The molecule has 1 atom stereocenters. The van der Waals surface area contributed by atoms with Crippen LogP contribution in [-0.4, -0.2) is 73.5 Å². The molecule has 2 aromatic carbocycles. The average molecular weight is 385 g/mol. The second-order valence-electron chi connectivity index (χ2n) is 7.49. The van der Waals surface area contributed by atoms with E-state index < -0.39 is 6.10 Å². The van der Waals surface area contributed by atoms with Crippen molar-refractivity contribution in [1.29, 1.82) is 0 Å². The molecular weight excluding hydrogens is 352 g/mol. The zero-order chi connectivity index (χ0) is 19.8. The fourth-order valence-electron chi connectivity index (χ4n) is 3.56. The minimum atomic E-state index is -0.480. The van der Waals surface area contributed by atoms with Crippen molar-refractivity contribution in [2.75, 3.05) is 52.5 Å². The number of para-hydroxylation sites is 2. The predicted molar refractivity (Wildman–Crippen MR) is 112 cm³/mol. The molecule has 5 heteroatoms. The van der Waals surface area contributed by atoms with Gasteiger partial charge in [-0.3, -0.25) is 9.80 Å². The fourth-order valence-corrected chi connectivity index (χ4v) is 3.56. The van der Waals surface area contributed by atoms with Gasteiger partial charge < -0.3 is 14.6 Å². The molecule has 1 heterocycles. The molecular formula is C23H32N2O3. The number of aryl methyl sites for hydroxylation is 2. The van der Waals surface area contributed by atoms with Gasteiger partial charge in [-0.1, -0.05) is 36.4 Å². The van der Waals surface area contributed by atoms with Gasteiger partial charge in [0.05, 0.1) is 0 Å². The predicted octanol–water partition coefficient (Wildman–Crippen LogP) is 2.74. The Morgan fingerprint density at radius 1 is 0.857 bits per heavy atom. The van der Waals surface area contributed by atoms with Gasteiger partial charge in [-0.25, -0.2) is 0 Å². The van der Waals surface area contributed by atoms with Crippen LogP contribution in [0.15, 0.2) is 48.5 Å². The Labute approximate surface area is 168 Å². The molecule has 0 saturated carbocycles. The van der Waals surface area contributed by atoms with E-state index in [-0.39, 0.29) is 0 Å². The Kier molecular flexibility index (Phi) is 7.71.